The molecular formula is C15H21NO5. The summed E-state index contributed by atoms with van der Waals surface area (Å²) in [4.78, 5) is 12.7. The number of hydrogen-bond donors (Lipinski definition) is 1. The number of carboxylic acids is 1. The van der Waals surface area contributed by atoms with E-state index in [-0.39, 0.29) is 6.54 Å². The van der Waals surface area contributed by atoms with Crippen LogP contribution in [0.5, 0.6) is 11.5 Å². The van der Waals surface area contributed by atoms with Crippen LogP contribution in [0.1, 0.15) is 12.0 Å². The standard InChI is InChI=1S/C15H21NO5/c1-19-8-5-16(11-15(17)18)10-12-3-4-13-14(9-12)21-7-2-6-20-13/h3-4,9H,2,5-8,10-11H2,1H3,(H,17,18). The summed E-state index contributed by atoms with van der Waals surface area (Å²) in [5.74, 6) is 0.630. The zero-order valence-electron chi connectivity index (χ0n) is 12.2. The fourth-order valence-corrected chi connectivity index (χ4v) is 2.19. The number of benzene rings is 1. The minimum atomic E-state index is -0.847. The third-order valence-corrected chi connectivity index (χ3v) is 3.19. The molecule has 6 nitrogen and oxygen atoms in total. The molecule has 0 radical (unpaired) electrons. The van der Waals surface area contributed by atoms with Gasteiger partial charge in [-0.2, -0.15) is 0 Å². The van der Waals surface area contributed by atoms with Crippen molar-refractivity contribution in [1.82, 2.24) is 4.90 Å². The van der Waals surface area contributed by atoms with Crippen LogP contribution in [-0.2, 0) is 16.1 Å². The summed E-state index contributed by atoms with van der Waals surface area (Å²) in [6, 6.07) is 5.74. The summed E-state index contributed by atoms with van der Waals surface area (Å²) in [5, 5.41) is 8.96. The molecule has 0 aromatic heterocycles. The van der Waals surface area contributed by atoms with Crippen molar-refractivity contribution in [1.29, 1.82) is 0 Å². The first kappa shape index (κ1) is 15.6. The van der Waals surface area contributed by atoms with Crippen molar-refractivity contribution in [2.24, 2.45) is 0 Å². The van der Waals surface area contributed by atoms with Crippen LogP contribution in [0.4, 0.5) is 0 Å². The van der Waals surface area contributed by atoms with E-state index in [1.54, 1.807) is 7.11 Å². The molecule has 0 amide bonds. The van der Waals surface area contributed by atoms with E-state index in [9.17, 15) is 4.79 Å². The third kappa shape index (κ3) is 4.91. The molecule has 116 valence electrons. The van der Waals surface area contributed by atoms with Crippen LogP contribution in [-0.4, -0.2) is 56.0 Å². The Kier molecular flexibility index (Phi) is 5.83. The SMILES string of the molecule is COCCN(CC(=O)O)Cc1ccc2c(c1)OCCCO2. The average Bonchev–Trinajstić information content (AvgIpc) is 2.69. The number of rotatable bonds is 7. The van der Waals surface area contributed by atoms with Gasteiger partial charge in [-0.3, -0.25) is 9.69 Å². The van der Waals surface area contributed by atoms with E-state index in [1.807, 2.05) is 23.1 Å². The Morgan fingerprint density at radius 3 is 2.81 bits per heavy atom. The van der Waals surface area contributed by atoms with E-state index in [1.165, 1.54) is 0 Å². The molecule has 1 aliphatic rings. The molecule has 1 aliphatic heterocycles. The molecule has 0 bridgehead atoms. The molecule has 1 N–H and O–H groups in total. The third-order valence-electron chi connectivity index (χ3n) is 3.19. The highest BCUT2D eigenvalue weighted by Crippen LogP contribution is 2.30. The Balaban J connectivity index is 2.05. The van der Waals surface area contributed by atoms with E-state index >= 15 is 0 Å². The fourth-order valence-electron chi connectivity index (χ4n) is 2.19. The zero-order chi connectivity index (χ0) is 15.1. The average molecular weight is 295 g/mol. The molecule has 0 unspecified atom stereocenters. The molecule has 0 spiro atoms. The largest absolute Gasteiger partial charge is 0.490 e. The molecule has 0 atom stereocenters. The minimum absolute atomic E-state index is 0.0161. The number of methoxy groups -OCH3 is 1. The van der Waals surface area contributed by atoms with Crippen LogP contribution >= 0.6 is 0 Å². The van der Waals surface area contributed by atoms with Crippen LogP contribution in [0.2, 0.25) is 0 Å². The highest BCUT2D eigenvalue weighted by Gasteiger charge is 2.14. The Hall–Kier alpha value is -1.79. The van der Waals surface area contributed by atoms with Gasteiger partial charge >= 0.3 is 5.97 Å². The molecule has 21 heavy (non-hydrogen) atoms. The fraction of sp³-hybridized carbons (Fsp3) is 0.533. The lowest BCUT2D eigenvalue weighted by atomic mass is 10.2. The van der Waals surface area contributed by atoms with E-state index < -0.39 is 5.97 Å². The van der Waals surface area contributed by atoms with Gasteiger partial charge in [-0.1, -0.05) is 6.07 Å². The van der Waals surface area contributed by atoms with Gasteiger partial charge in [0.15, 0.2) is 11.5 Å². The van der Waals surface area contributed by atoms with Crippen LogP contribution in [0.15, 0.2) is 18.2 Å². The molecule has 2 rings (SSSR count). The first-order valence-corrected chi connectivity index (χ1v) is 7.00. The second-order valence-corrected chi connectivity index (χ2v) is 4.93. The van der Waals surface area contributed by atoms with E-state index in [2.05, 4.69) is 0 Å². The number of carboxylic acid groups (broad SMARTS) is 1. The van der Waals surface area contributed by atoms with Gasteiger partial charge in [-0.05, 0) is 17.7 Å². The molecule has 0 saturated heterocycles. The van der Waals surface area contributed by atoms with Gasteiger partial charge in [0, 0.05) is 26.6 Å². The molecular weight excluding hydrogens is 274 g/mol. The summed E-state index contributed by atoms with van der Waals surface area (Å²) >= 11 is 0. The molecule has 1 heterocycles. The maximum atomic E-state index is 10.9. The zero-order valence-corrected chi connectivity index (χ0v) is 12.2. The Bertz CT molecular complexity index is 477. The highest BCUT2D eigenvalue weighted by molar-refractivity contribution is 5.69. The Morgan fingerprint density at radius 2 is 2.10 bits per heavy atom. The van der Waals surface area contributed by atoms with Crippen LogP contribution in [0.25, 0.3) is 0 Å². The van der Waals surface area contributed by atoms with Gasteiger partial charge in [0.1, 0.15) is 0 Å². The second kappa shape index (κ2) is 7.85. The number of ether oxygens (including phenoxy) is 3. The van der Waals surface area contributed by atoms with Crippen molar-refractivity contribution in [3.05, 3.63) is 23.8 Å². The second-order valence-electron chi connectivity index (χ2n) is 4.93. The summed E-state index contributed by atoms with van der Waals surface area (Å²) in [6.45, 7) is 2.88. The lowest BCUT2D eigenvalue weighted by Gasteiger charge is -2.20. The molecule has 0 saturated carbocycles. The van der Waals surface area contributed by atoms with Gasteiger partial charge in [0.05, 0.1) is 26.4 Å². The summed E-state index contributed by atoms with van der Waals surface area (Å²) in [5.41, 5.74) is 0.997. The Morgan fingerprint density at radius 1 is 1.33 bits per heavy atom. The number of hydrogen-bond acceptors (Lipinski definition) is 5. The lowest BCUT2D eigenvalue weighted by molar-refractivity contribution is -0.138. The number of nitrogens with zero attached hydrogens (tertiary/aromatic N) is 1. The number of carbonyl (C=O) groups is 1. The monoisotopic (exact) mass is 295 g/mol. The van der Waals surface area contributed by atoms with Gasteiger partial charge in [0.25, 0.3) is 0 Å². The smallest absolute Gasteiger partial charge is 0.317 e. The normalized spacial score (nSPS) is 14.0. The van der Waals surface area contributed by atoms with E-state index in [0.29, 0.717) is 32.9 Å². The van der Waals surface area contributed by atoms with Crippen molar-refractivity contribution >= 4 is 5.97 Å². The first-order valence-electron chi connectivity index (χ1n) is 7.00. The molecule has 6 heteroatoms. The van der Waals surface area contributed by atoms with E-state index in [0.717, 1.165) is 23.5 Å². The van der Waals surface area contributed by atoms with Gasteiger partial charge in [-0.25, -0.2) is 0 Å². The molecule has 0 aliphatic carbocycles. The van der Waals surface area contributed by atoms with Crippen LogP contribution in [0.3, 0.4) is 0 Å². The lowest BCUT2D eigenvalue weighted by Crippen LogP contribution is -2.32. The highest BCUT2D eigenvalue weighted by atomic mass is 16.5. The van der Waals surface area contributed by atoms with Gasteiger partial charge in [-0.15, -0.1) is 0 Å². The van der Waals surface area contributed by atoms with Crippen molar-refractivity contribution in [3.63, 3.8) is 0 Å². The maximum Gasteiger partial charge on any atom is 0.317 e. The van der Waals surface area contributed by atoms with Crippen molar-refractivity contribution < 1.29 is 24.1 Å². The van der Waals surface area contributed by atoms with Crippen LogP contribution < -0.4 is 9.47 Å². The quantitative estimate of drug-likeness (QED) is 0.819. The minimum Gasteiger partial charge on any atom is -0.490 e. The Labute approximate surface area is 124 Å². The molecule has 1 aromatic rings. The number of aliphatic carboxylic acids is 1. The van der Waals surface area contributed by atoms with Gasteiger partial charge in [0.2, 0.25) is 0 Å². The van der Waals surface area contributed by atoms with E-state index in [4.69, 9.17) is 19.3 Å². The summed E-state index contributed by atoms with van der Waals surface area (Å²) in [6.07, 6.45) is 0.864. The van der Waals surface area contributed by atoms with Crippen molar-refractivity contribution in [3.8, 4) is 11.5 Å². The summed E-state index contributed by atoms with van der Waals surface area (Å²) in [7, 11) is 1.60. The predicted molar refractivity (Wildman–Crippen MR) is 76.8 cm³/mol. The topological polar surface area (TPSA) is 68.2 Å². The van der Waals surface area contributed by atoms with Crippen molar-refractivity contribution in [2.45, 2.75) is 13.0 Å². The number of fused-ring (bicyclic) bond motifs is 1. The van der Waals surface area contributed by atoms with Crippen molar-refractivity contribution in [2.75, 3.05) is 40.0 Å². The first-order chi connectivity index (χ1) is 10.2. The van der Waals surface area contributed by atoms with Crippen LogP contribution in [0, 0.1) is 0 Å². The predicted octanol–water partition coefficient (Wildman–Crippen LogP) is 1.38. The maximum absolute atomic E-state index is 10.9. The van der Waals surface area contributed by atoms with Gasteiger partial charge < -0.3 is 19.3 Å². The molecule has 1 aromatic carbocycles. The summed E-state index contributed by atoms with van der Waals surface area (Å²) < 4.78 is 16.3. The molecule has 0 fully saturated rings.